The molecular formula is C7H4N2S+. The summed E-state index contributed by atoms with van der Waals surface area (Å²) in [5.74, 6) is 0. The van der Waals surface area contributed by atoms with Gasteiger partial charge in [0.15, 0.2) is 0 Å². The molecule has 1 heterocycles. The van der Waals surface area contributed by atoms with Crippen molar-refractivity contribution in [3.8, 4) is 0 Å². The number of thiocarbonyl (C=S) groups is 1. The molecule has 0 N–H and O–H groups in total. The number of benzene rings is 1. The lowest BCUT2D eigenvalue weighted by molar-refractivity contribution is 1.30. The van der Waals surface area contributed by atoms with Gasteiger partial charge < -0.3 is 0 Å². The number of nitrogens with zero attached hydrogens (tertiary/aromatic N) is 2. The molecule has 0 spiro atoms. The van der Waals surface area contributed by atoms with E-state index >= 15 is 0 Å². The Labute approximate surface area is 62.9 Å². The van der Waals surface area contributed by atoms with Gasteiger partial charge in [0.2, 0.25) is 10.7 Å². The first-order chi connectivity index (χ1) is 4.86. The molecule has 47 valence electrons. The average Bonchev–Trinajstić information content (AvgIpc) is 2.27. The Kier molecular flexibility index (Phi) is 1.11. The van der Waals surface area contributed by atoms with E-state index in [2.05, 4.69) is 9.98 Å². The zero-order chi connectivity index (χ0) is 6.97. The molecule has 1 aromatic carbocycles. The first kappa shape index (κ1) is 5.68. The van der Waals surface area contributed by atoms with Gasteiger partial charge in [0.25, 0.3) is 0 Å². The predicted molar refractivity (Wildman–Crippen MR) is 41.1 cm³/mol. The Morgan fingerprint density at radius 1 is 1.30 bits per heavy atom. The van der Waals surface area contributed by atoms with Crippen LogP contribution in [-0.4, -0.2) is 5.11 Å². The van der Waals surface area contributed by atoms with Crippen LogP contribution < -0.4 is 15.7 Å². The molecule has 0 amide bonds. The van der Waals surface area contributed by atoms with Gasteiger partial charge in [0.05, 0.1) is 0 Å². The van der Waals surface area contributed by atoms with Gasteiger partial charge in [-0.2, -0.15) is 0 Å². The first-order valence-electron chi connectivity index (χ1n) is 2.93. The molecule has 1 aromatic rings. The Balaban J connectivity index is 2.96. The zero-order valence-electron chi connectivity index (χ0n) is 5.11. The Morgan fingerprint density at radius 2 is 2.10 bits per heavy atom. The maximum atomic E-state index is 4.79. The smallest absolute Gasteiger partial charge is 0.0576 e. The van der Waals surface area contributed by atoms with E-state index < -0.39 is 0 Å². The van der Waals surface area contributed by atoms with Crippen LogP contribution in [0.1, 0.15) is 0 Å². The Hall–Kier alpha value is -1.09. The van der Waals surface area contributed by atoms with Gasteiger partial charge in [-0.25, -0.2) is 0 Å². The molecule has 0 aliphatic carbocycles. The van der Waals surface area contributed by atoms with E-state index in [0.717, 1.165) is 10.7 Å². The van der Waals surface area contributed by atoms with Crippen molar-refractivity contribution in [2.75, 3.05) is 0 Å². The quantitative estimate of drug-likeness (QED) is 0.458. The largest absolute Gasteiger partial charge is 0.435 e. The number of rotatable bonds is 0. The van der Waals surface area contributed by atoms with Gasteiger partial charge in [-0.05, 0) is 22.1 Å². The van der Waals surface area contributed by atoms with E-state index in [-0.39, 0.29) is 0 Å². The molecule has 1 aliphatic rings. The average molecular weight is 148 g/mol. The van der Waals surface area contributed by atoms with Gasteiger partial charge >= 0.3 is 5.11 Å². The van der Waals surface area contributed by atoms with E-state index in [0.29, 0.717) is 5.11 Å². The van der Waals surface area contributed by atoms with E-state index in [1.54, 1.807) is 0 Å². The highest BCUT2D eigenvalue weighted by molar-refractivity contribution is 7.80. The van der Waals surface area contributed by atoms with E-state index in [1.807, 2.05) is 24.3 Å². The topological polar surface area (TPSA) is 26.5 Å². The first-order valence-corrected chi connectivity index (χ1v) is 3.33. The van der Waals surface area contributed by atoms with Crippen molar-refractivity contribution >= 4 is 17.3 Å². The third-order valence-electron chi connectivity index (χ3n) is 1.31. The highest BCUT2D eigenvalue weighted by atomic mass is 32.1. The lowest BCUT2D eigenvalue weighted by Gasteiger charge is -1.68. The van der Waals surface area contributed by atoms with Crippen LogP contribution in [0.5, 0.6) is 0 Å². The summed E-state index contributed by atoms with van der Waals surface area (Å²) in [7, 11) is 0. The fourth-order valence-electron chi connectivity index (χ4n) is 0.884. The maximum Gasteiger partial charge on any atom is 0.435 e. The van der Waals surface area contributed by atoms with Gasteiger partial charge in [0, 0.05) is 12.2 Å². The second-order valence-electron chi connectivity index (χ2n) is 1.99. The minimum atomic E-state index is 0.432. The predicted octanol–water partition coefficient (Wildman–Crippen LogP) is -0.440. The van der Waals surface area contributed by atoms with Crippen molar-refractivity contribution in [3.63, 3.8) is 0 Å². The Morgan fingerprint density at radius 3 is 2.90 bits per heavy atom. The SMILES string of the molecule is S=C1N=c2ccccc2=[N+]1. The molecule has 0 fully saturated rings. The molecule has 0 aromatic heterocycles. The molecule has 0 atom stereocenters. The number of hydrogen-bond donors (Lipinski definition) is 0. The van der Waals surface area contributed by atoms with Crippen LogP contribution in [0.3, 0.4) is 0 Å². The summed E-state index contributed by atoms with van der Waals surface area (Å²) >= 11 is 4.79. The van der Waals surface area contributed by atoms with Crippen molar-refractivity contribution in [2.24, 2.45) is 4.99 Å². The Bertz CT molecular complexity index is 357. The van der Waals surface area contributed by atoms with Crippen LogP contribution in [0.25, 0.3) is 0 Å². The standard InChI is InChI=1S/C7H4N2S/c10-7-8-5-3-1-2-4-6(5)9-7/h1-4H/q+1. The normalized spacial score (nSPS) is 13.8. The minimum Gasteiger partial charge on any atom is -0.0576 e. The molecule has 2 nitrogen and oxygen atoms in total. The van der Waals surface area contributed by atoms with Crippen LogP contribution in [0.2, 0.25) is 0 Å². The lowest BCUT2D eigenvalue weighted by atomic mass is 10.3. The van der Waals surface area contributed by atoms with Crippen molar-refractivity contribution in [1.82, 2.24) is 4.99 Å². The van der Waals surface area contributed by atoms with Crippen molar-refractivity contribution in [2.45, 2.75) is 0 Å². The molecular weight excluding hydrogens is 144 g/mol. The molecule has 0 saturated heterocycles. The summed E-state index contributed by atoms with van der Waals surface area (Å²) in [5.41, 5.74) is 0. The second-order valence-corrected chi connectivity index (χ2v) is 2.36. The second kappa shape index (κ2) is 1.95. The zero-order valence-corrected chi connectivity index (χ0v) is 5.93. The third-order valence-corrected chi connectivity index (χ3v) is 1.50. The number of hydrogen-bond acceptors (Lipinski definition) is 1. The van der Waals surface area contributed by atoms with E-state index in [9.17, 15) is 0 Å². The fourth-order valence-corrected chi connectivity index (χ4v) is 1.08. The highest BCUT2D eigenvalue weighted by Gasteiger charge is 2.12. The molecule has 0 unspecified atom stereocenters. The van der Waals surface area contributed by atoms with Crippen molar-refractivity contribution < 1.29 is 0 Å². The summed E-state index contributed by atoms with van der Waals surface area (Å²) in [5, 5.41) is 2.20. The molecule has 0 saturated carbocycles. The maximum absolute atomic E-state index is 4.79. The molecule has 1 aliphatic heterocycles. The molecule has 1 radical (unpaired) electrons. The summed E-state index contributed by atoms with van der Waals surface area (Å²) in [4.78, 5) is 8.03. The fraction of sp³-hybridized carbons (Fsp3) is 0. The van der Waals surface area contributed by atoms with E-state index in [1.165, 1.54) is 0 Å². The van der Waals surface area contributed by atoms with Gasteiger partial charge in [-0.15, -0.1) is 0 Å². The van der Waals surface area contributed by atoms with Gasteiger partial charge in [-0.3, -0.25) is 0 Å². The van der Waals surface area contributed by atoms with Crippen LogP contribution in [0, 0.1) is 0 Å². The van der Waals surface area contributed by atoms with Crippen LogP contribution >= 0.6 is 12.2 Å². The van der Waals surface area contributed by atoms with E-state index in [4.69, 9.17) is 12.2 Å². The van der Waals surface area contributed by atoms with Gasteiger partial charge in [-0.1, -0.05) is 12.1 Å². The van der Waals surface area contributed by atoms with Gasteiger partial charge in [0.1, 0.15) is 0 Å². The number of fused-ring (bicyclic) bond motifs is 1. The molecule has 10 heavy (non-hydrogen) atoms. The molecule has 0 bridgehead atoms. The molecule has 3 heteroatoms. The number of para-hydroxylation sites is 2. The highest BCUT2D eigenvalue weighted by Crippen LogP contribution is 1.76. The van der Waals surface area contributed by atoms with Crippen molar-refractivity contribution in [1.29, 1.82) is 0 Å². The summed E-state index contributed by atoms with van der Waals surface area (Å²) < 4.78 is 0. The third kappa shape index (κ3) is 0.752. The lowest BCUT2D eigenvalue weighted by Crippen LogP contribution is -2.23. The molecule has 2 rings (SSSR count). The summed E-state index contributed by atoms with van der Waals surface area (Å²) in [6, 6.07) is 7.65. The van der Waals surface area contributed by atoms with Crippen LogP contribution in [0.4, 0.5) is 0 Å². The van der Waals surface area contributed by atoms with Crippen molar-refractivity contribution in [3.05, 3.63) is 35.0 Å². The minimum absolute atomic E-state index is 0.432. The summed E-state index contributed by atoms with van der Waals surface area (Å²) in [6.07, 6.45) is 0. The summed E-state index contributed by atoms with van der Waals surface area (Å²) in [6.45, 7) is 0. The van der Waals surface area contributed by atoms with Crippen LogP contribution in [-0.2, 0) is 0 Å². The van der Waals surface area contributed by atoms with Crippen LogP contribution in [0.15, 0.2) is 29.3 Å². The monoisotopic (exact) mass is 148 g/mol.